The quantitative estimate of drug-likeness (QED) is 0.471. The molecule has 0 radical (unpaired) electrons. The zero-order chi connectivity index (χ0) is 9.72. The molecule has 15 heavy (non-hydrogen) atoms. The number of aliphatic carboxylic acids is 3. The molecule has 0 rings (SSSR count). The molecule has 0 amide bonds. The topological polar surface area (TPSA) is 112 Å². The van der Waals surface area contributed by atoms with Gasteiger partial charge in [0.2, 0.25) is 0 Å². The molecular formula is C6H11Na3O6. The first kappa shape index (κ1) is 25.3. The Morgan fingerprint density at radius 2 is 1.07 bits per heavy atom. The maximum absolute atomic E-state index is 10.2. The number of carboxylic acids is 3. The van der Waals surface area contributed by atoms with E-state index in [0.717, 1.165) is 0 Å². The minimum atomic E-state index is -1.40. The molecule has 0 heterocycles. The van der Waals surface area contributed by atoms with Gasteiger partial charge in [-0.15, -0.1) is 0 Å². The minimum absolute atomic E-state index is 0. The van der Waals surface area contributed by atoms with Crippen LogP contribution in [0.15, 0.2) is 0 Å². The molecule has 0 atom stereocenters. The molecule has 0 aliphatic carbocycles. The van der Waals surface area contributed by atoms with Crippen molar-refractivity contribution in [2.45, 2.75) is 12.8 Å². The molecule has 0 bridgehead atoms. The van der Waals surface area contributed by atoms with E-state index in [2.05, 4.69) is 0 Å². The van der Waals surface area contributed by atoms with Crippen LogP contribution in [0, 0.1) is 5.92 Å². The zero-order valence-electron chi connectivity index (χ0n) is 6.06. The van der Waals surface area contributed by atoms with Gasteiger partial charge in [0, 0.05) is 0 Å². The summed E-state index contributed by atoms with van der Waals surface area (Å²) in [6.45, 7) is 0. The van der Waals surface area contributed by atoms with E-state index < -0.39 is 36.7 Å². The molecule has 0 aliphatic rings. The van der Waals surface area contributed by atoms with E-state index in [0.29, 0.717) is 0 Å². The first-order valence-corrected chi connectivity index (χ1v) is 3.10. The van der Waals surface area contributed by atoms with Crippen molar-refractivity contribution in [3.8, 4) is 0 Å². The van der Waals surface area contributed by atoms with Gasteiger partial charge in [-0.2, -0.15) is 0 Å². The van der Waals surface area contributed by atoms with Crippen LogP contribution in [0.1, 0.15) is 12.8 Å². The fourth-order valence-electron chi connectivity index (χ4n) is 0.668. The van der Waals surface area contributed by atoms with Gasteiger partial charge in [0.15, 0.2) is 0 Å². The van der Waals surface area contributed by atoms with Gasteiger partial charge in [0.25, 0.3) is 0 Å². The van der Waals surface area contributed by atoms with E-state index in [1.54, 1.807) is 0 Å². The fourth-order valence-corrected chi connectivity index (χ4v) is 0.668. The van der Waals surface area contributed by atoms with Gasteiger partial charge >= 0.3 is 107 Å². The number of hydrogen-bond donors (Lipinski definition) is 3. The van der Waals surface area contributed by atoms with Crippen LogP contribution in [0.3, 0.4) is 0 Å². The van der Waals surface area contributed by atoms with Crippen molar-refractivity contribution in [1.29, 1.82) is 0 Å². The molecule has 0 aliphatic heterocycles. The molecular weight excluding hydrogens is 237 g/mol. The van der Waals surface area contributed by atoms with Crippen molar-refractivity contribution in [1.82, 2.24) is 0 Å². The van der Waals surface area contributed by atoms with Crippen molar-refractivity contribution in [2.24, 2.45) is 5.92 Å². The van der Waals surface area contributed by atoms with Gasteiger partial charge < -0.3 is 15.3 Å². The fraction of sp³-hybridized carbons (Fsp3) is 0.500. The van der Waals surface area contributed by atoms with Gasteiger partial charge in [-0.05, 0) is 0 Å². The van der Waals surface area contributed by atoms with Crippen molar-refractivity contribution in [3.05, 3.63) is 0 Å². The Hall–Kier alpha value is 1.41. The Morgan fingerprint density at radius 3 is 1.20 bits per heavy atom. The molecule has 0 saturated heterocycles. The Morgan fingerprint density at radius 1 is 0.800 bits per heavy atom. The van der Waals surface area contributed by atoms with E-state index in [4.69, 9.17) is 15.3 Å². The Balaban J connectivity index is -0.000000202. The van der Waals surface area contributed by atoms with Crippen LogP contribution in [0.2, 0.25) is 0 Å². The zero-order valence-corrected chi connectivity index (χ0v) is 6.06. The monoisotopic (exact) mass is 248 g/mol. The van der Waals surface area contributed by atoms with Gasteiger partial charge in [-0.3, -0.25) is 14.4 Å². The van der Waals surface area contributed by atoms with Gasteiger partial charge in [0.05, 0.1) is 18.8 Å². The summed E-state index contributed by atoms with van der Waals surface area (Å²) in [6.07, 6.45) is -1.33. The predicted octanol–water partition coefficient (Wildman–Crippen LogP) is -2.31. The van der Waals surface area contributed by atoms with Crippen LogP contribution in [-0.4, -0.2) is 122 Å². The summed E-state index contributed by atoms with van der Waals surface area (Å²) < 4.78 is 0. The molecule has 0 aromatic rings. The van der Waals surface area contributed by atoms with Gasteiger partial charge in [0.1, 0.15) is 0 Å². The third-order valence-electron chi connectivity index (χ3n) is 1.19. The summed E-state index contributed by atoms with van der Waals surface area (Å²) >= 11 is 0. The van der Waals surface area contributed by atoms with Crippen LogP contribution in [0.5, 0.6) is 0 Å². The molecule has 0 saturated carbocycles. The van der Waals surface area contributed by atoms with Crippen LogP contribution in [0.4, 0.5) is 0 Å². The average Bonchev–Trinajstić information content (AvgIpc) is 1.83. The maximum atomic E-state index is 10.2. The van der Waals surface area contributed by atoms with E-state index in [1.165, 1.54) is 0 Å². The van der Waals surface area contributed by atoms with Crippen LogP contribution < -0.4 is 0 Å². The Bertz CT molecular complexity index is 203. The summed E-state index contributed by atoms with van der Waals surface area (Å²) in [7, 11) is 0. The second-order valence-corrected chi connectivity index (χ2v) is 2.23. The SMILES string of the molecule is O=C(O)CC(CC(=O)O)C(=O)O.[NaH].[NaH].[NaH]. The molecule has 0 aromatic carbocycles. The third kappa shape index (κ3) is 15.4. The van der Waals surface area contributed by atoms with Crippen LogP contribution >= 0.6 is 0 Å². The van der Waals surface area contributed by atoms with Gasteiger partial charge in [-0.1, -0.05) is 0 Å². The summed E-state index contributed by atoms with van der Waals surface area (Å²) in [5, 5.41) is 24.7. The number of rotatable bonds is 5. The van der Waals surface area contributed by atoms with E-state index >= 15 is 0 Å². The van der Waals surface area contributed by atoms with E-state index in [1.807, 2.05) is 0 Å². The molecule has 0 aromatic heterocycles. The molecule has 3 N–H and O–H groups in total. The first-order valence-electron chi connectivity index (χ1n) is 3.10. The van der Waals surface area contributed by atoms with Crippen molar-refractivity contribution < 1.29 is 29.7 Å². The molecule has 0 unspecified atom stereocenters. The molecule has 0 fully saturated rings. The summed E-state index contributed by atoms with van der Waals surface area (Å²) in [5.41, 5.74) is 0. The van der Waals surface area contributed by atoms with Crippen LogP contribution in [0.25, 0.3) is 0 Å². The van der Waals surface area contributed by atoms with Crippen LogP contribution in [-0.2, 0) is 14.4 Å². The van der Waals surface area contributed by atoms with Crippen molar-refractivity contribution >= 4 is 107 Å². The average molecular weight is 248 g/mol. The normalized spacial score (nSPS) is 7.80. The second-order valence-electron chi connectivity index (χ2n) is 2.23. The molecule has 74 valence electrons. The van der Waals surface area contributed by atoms with E-state index in [9.17, 15) is 14.4 Å². The first-order chi connectivity index (χ1) is 5.43. The van der Waals surface area contributed by atoms with E-state index in [-0.39, 0.29) is 88.7 Å². The molecule has 0 spiro atoms. The second kappa shape index (κ2) is 13.5. The summed E-state index contributed by atoms with van der Waals surface area (Å²) in [6, 6.07) is 0. The standard InChI is InChI=1S/C6H8O6.3Na.3H/c7-4(8)1-3(6(11)12)2-5(9)10;;;;;;/h3H,1-2H2,(H,7,8)(H,9,10)(H,11,12);;;;;;. The number of carbonyl (C=O) groups is 3. The number of hydrogen-bond acceptors (Lipinski definition) is 3. The molecule has 6 nitrogen and oxygen atoms in total. The summed E-state index contributed by atoms with van der Waals surface area (Å²) in [4.78, 5) is 30.3. The summed E-state index contributed by atoms with van der Waals surface area (Å²) in [5.74, 6) is -5.38. The Labute approximate surface area is 153 Å². The van der Waals surface area contributed by atoms with Crippen molar-refractivity contribution in [3.63, 3.8) is 0 Å². The Kier molecular flexibility index (Phi) is 22.7. The van der Waals surface area contributed by atoms with Gasteiger partial charge in [-0.25, -0.2) is 0 Å². The number of carboxylic acid groups (broad SMARTS) is 3. The predicted molar refractivity (Wildman–Crippen MR) is 57.1 cm³/mol. The van der Waals surface area contributed by atoms with Crippen molar-refractivity contribution in [2.75, 3.05) is 0 Å². The third-order valence-corrected chi connectivity index (χ3v) is 1.19. The molecule has 9 heteroatoms.